The third-order valence-corrected chi connectivity index (χ3v) is 7.40. The Hall–Kier alpha value is -2.94. The van der Waals surface area contributed by atoms with E-state index in [9.17, 15) is 9.59 Å². The van der Waals surface area contributed by atoms with Crippen LogP contribution in [-0.4, -0.2) is 79.7 Å². The second kappa shape index (κ2) is 13.0. The monoisotopic (exact) mass is 508 g/mol. The van der Waals surface area contributed by atoms with E-state index in [2.05, 4.69) is 22.3 Å². The lowest BCUT2D eigenvalue weighted by Gasteiger charge is -2.43. The van der Waals surface area contributed by atoms with Gasteiger partial charge in [0.25, 0.3) is 5.91 Å². The number of nitrogens with one attached hydrogen (secondary N) is 1. The van der Waals surface area contributed by atoms with Crippen LogP contribution in [0.25, 0.3) is 0 Å². The van der Waals surface area contributed by atoms with Crippen molar-refractivity contribution < 1.29 is 19.1 Å². The lowest BCUT2D eigenvalue weighted by atomic mass is 9.93. The zero-order valence-electron chi connectivity index (χ0n) is 22.0. The van der Waals surface area contributed by atoms with Gasteiger partial charge in [-0.05, 0) is 62.4 Å². The van der Waals surface area contributed by atoms with Crippen LogP contribution in [0.3, 0.4) is 0 Å². The molecule has 3 atom stereocenters. The van der Waals surface area contributed by atoms with Gasteiger partial charge in [-0.1, -0.05) is 29.8 Å². The first-order valence-electron chi connectivity index (χ1n) is 13.3. The van der Waals surface area contributed by atoms with Crippen molar-refractivity contribution in [1.82, 2.24) is 15.1 Å². The number of methoxy groups -OCH3 is 1. The fourth-order valence-corrected chi connectivity index (χ4v) is 5.30. The van der Waals surface area contributed by atoms with Crippen molar-refractivity contribution in [2.45, 2.75) is 57.3 Å². The Kier molecular flexibility index (Phi) is 9.55. The number of hydrogen-bond donors (Lipinski definition) is 2. The number of carbonyl (C=O) groups excluding carboxylic acids is 2. The maximum atomic E-state index is 13.5. The summed E-state index contributed by atoms with van der Waals surface area (Å²) >= 11 is 0. The molecular weight excluding hydrogens is 468 g/mol. The Balaban J connectivity index is 1.54. The molecule has 0 aromatic heterocycles. The number of aryl methyl sites for hydroxylation is 1. The normalized spacial score (nSPS) is 21.7. The van der Waals surface area contributed by atoms with Crippen LogP contribution in [0, 0.1) is 6.92 Å². The molecule has 0 radical (unpaired) electrons. The first kappa shape index (κ1) is 27.1. The second-order valence-corrected chi connectivity index (χ2v) is 10.1. The molecule has 2 heterocycles. The second-order valence-electron chi connectivity index (χ2n) is 10.1. The molecule has 0 bridgehead atoms. The summed E-state index contributed by atoms with van der Waals surface area (Å²) in [4.78, 5) is 30.9. The molecule has 2 aromatic carbocycles. The largest absolute Gasteiger partial charge is 0.497 e. The maximum Gasteiger partial charge on any atom is 0.254 e. The summed E-state index contributed by atoms with van der Waals surface area (Å²) < 4.78 is 11.3. The highest BCUT2D eigenvalue weighted by Crippen LogP contribution is 2.28. The molecule has 2 saturated heterocycles. The number of nitrogens with two attached hydrogens (primary N) is 1. The van der Waals surface area contributed by atoms with E-state index in [0.717, 1.165) is 50.3 Å². The fraction of sp³-hybridized carbons (Fsp3) is 0.517. The molecule has 2 amide bonds. The minimum absolute atomic E-state index is 0.104. The molecule has 200 valence electrons. The average molecular weight is 509 g/mol. The molecule has 8 nitrogen and oxygen atoms in total. The topological polar surface area (TPSA) is 97.1 Å². The van der Waals surface area contributed by atoms with Crippen LogP contribution < -0.4 is 15.8 Å². The van der Waals surface area contributed by atoms with Gasteiger partial charge in [-0.3, -0.25) is 14.5 Å². The van der Waals surface area contributed by atoms with Gasteiger partial charge in [0.15, 0.2) is 0 Å². The van der Waals surface area contributed by atoms with Crippen LogP contribution in [0.5, 0.6) is 5.75 Å². The van der Waals surface area contributed by atoms with E-state index in [1.165, 1.54) is 5.56 Å². The van der Waals surface area contributed by atoms with Gasteiger partial charge in [0.2, 0.25) is 5.91 Å². The predicted molar refractivity (Wildman–Crippen MR) is 143 cm³/mol. The van der Waals surface area contributed by atoms with E-state index in [-0.39, 0.29) is 24.0 Å². The van der Waals surface area contributed by atoms with Gasteiger partial charge in [-0.25, -0.2) is 0 Å². The molecule has 2 unspecified atom stereocenters. The van der Waals surface area contributed by atoms with Gasteiger partial charge in [0, 0.05) is 50.9 Å². The Morgan fingerprint density at radius 2 is 1.89 bits per heavy atom. The van der Waals surface area contributed by atoms with E-state index in [4.69, 9.17) is 15.2 Å². The molecule has 2 fully saturated rings. The van der Waals surface area contributed by atoms with Gasteiger partial charge >= 0.3 is 0 Å². The van der Waals surface area contributed by atoms with E-state index < -0.39 is 6.04 Å². The highest BCUT2D eigenvalue weighted by atomic mass is 16.5. The number of benzene rings is 2. The van der Waals surface area contributed by atoms with E-state index in [1.807, 2.05) is 43.3 Å². The van der Waals surface area contributed by atoms with Crippen LogP contribution in [0.15, 0.2) is 48.5 Å². The van der Waals surface area contributed by atoms with Gasteiger partial charge in [0.05, 0.1) is 13.2 Å². The van der Waals surface area contributed by atoms with Crippen LogP contribution in [0.1, 0.15) is 47.2 Å². The number of hydrogen-bond acceptors (Lipinski definition) is 6. The zero-order valence-corrected chi connectivity index (χ0v) is 22.0. The molecule has 2 aliphatic heterocycles. The predicted octanol–water partition coefficient (Wildman–Crippen LogP) is 2.73. The number of rotatable bonds is 10. The number of amides is 2. The van der Waals surface area contributed by atoms with E-state index in [1.54, 1.807) is 12.0 Å². The number of likely N-dealkylation sites (tertiary alicyclic amines) is 1. The summed E-state index contributed by atoms with van der Waals surface area (Å²) in [5.41, 5.74) is 8.53. The smallest absolute Gasteiger partial charge is 0.254 e. The lowest BCUT2D eigenvalue weighted by molar-refractivity contribution is -0.127. The van der Waals surface area contributed by atoms with Crippen molar-refractivity contribution in [2.75, 3.05) is 39.9 Å². The number of piperidine rings is 1. The summed E-state index contributed by atoms with van der Waals surface area (Å²) in [7, 11) is 1.67. The third-order valence-electron chi connectivity index (χ3n) is 7.40. The standard InChI is InChI=1S/C29H40N4O4/c1-21-5-9-23(10-6-21)29(35)33-16-13-24(18-27(33)28(34)31-15-14-30)32(20-26-4-3-17-37-26)19-22-7-11-25(36-2)12-8-22/h5-12,24,26-27H,3-4,13-20,30H2,1-2H3,(H,31,34)/t24?,26?,27-/m1/s1. The van der Waals surface area contributed by atoms with E-state index in [0.29, 0.717) is 31.6 Å². The molecule has 37 heavy (non-hydrogen) atoms. The Morgan fingerprint density at radius 3 is 2.54 bits per heavy atom. The summed E-state index contributed by atoms with van der Waals surface area (Å²) in [5, 5.41) is 2.93. The highest BCUT2D eigenvalue weighted by molar-refractivity contribution is 5.97. The van der Waals surface area contributed by atoms with Crippen molar-refractivity contribution >= 4 is 11.8 Å². The average Bonchev–Trinajstić information content (AvgIpc) is 3.44. The molecule has 2 aliphatic rings. The van der Waals surface area contributed by atoms with Gasteiger partial charge < -0.3 is 25.4 Å². The SMILES string of the molecule is COc1ccc(CN(CC2CCCO2)C2CCN(C(=O)c3ccc(C)cc3)[C@@H](C(=O)NCCN)C2)cc1. The van der Waals surface area contributed by atoms with Crippen LogP contribution >= 0.6 is 0 Å². The van der Waals surface area contributed by atoms with Gasteiger partial charge in [0.1, 0.15) is 11.8 Å². The zero-order chi connectivity index (χ0) is 26.2. The van der Waals surface area contributed by atoms with Crippen molar-refractivity contribution in [3.8, 4) is 5.75 Å². The van der Waals surface area contributed by atoms with Crippen LogP contribution in [0.4, 0.5) is 0 Å². The van der Waals surface area contributed by atoms with Crippen molar-refractivity contribution in [3.63, 3.8) is 0 Å². The summed E-state index contributed by atoms with van der Waals surface area (Å²) in [6, 6.07) is 15.3. The third kappa shape index (κ3) is 7.09. The molecule has 0 saturated carbocycles. The molecule has 8 heteroatoms. The van der Waals surface area contributed by atoms with Crippen molar-refractivity contribution in [2.24, 2.45) is 5.73 Å². The minimum Gasteiger partial charge on any atom is -0.497 e. The number of ether oxygens (including phenoxy) is 2. The lowest BCUT2D eigenvalue weighted by Crippen LogP contribution is -2.58. The Morgan fingerprint density at radius 1 is 1.14 bits per heavy atom. The Bertz CT molecular complexity index is 1020. The van der Waals surface area contributed by atoms with Crippen molar-refractivity contribution in [3.05, 3.63) is 65.2 Å². The van der Waals surface area contributed by atoms with E-state index >= 15 is 0 Å². The minimum atomic E-state index is -0.554. The van der Waals surface area contributed by atoms with Gasteiger partial charge in [-0.2, -0.15) is 0 Å². The summed E-state index contributed by atoms with van der Waals surface area (Å²) in [6.07, 6.45) is 3.67. The molecule has 0 spiro atoms. The molecule has 0 aliphatic carbocycles. The maximum absolute atomic E-state index is 13.5. The summed E-state index contributed by atoms with van der Waals surface area (Å²) in [5.74, 6) is 0.582. The number of nitrogens with zero attached hydrogens (tertiary/aromatic N) is 2. The van der Waals surface area contributed by atoms with Crippen molar-refractivity contribution in [1.29, 1.82) is 0 Å². The van der Waals surface area contributed by atoms with Crippen LogP contribution in [-0.2, 0) is 16.1 Å². The first-order chi connectivity index (χ1) is 18.0. The number of carbonyl (C=O) groups is 2. The molecule has 4 rings (SSSR count). The fourth-order valence-electron chi connectivity index (χ4n) is 5.30. The first-order valence-corrected chi connectivity index (χ1v) is 13.3. The Labute approximate surface area is 220 Å². The summed E-state index contributed by atoms with van der Waals surface area (Å²) in [6.45, 7) is 5.61. The quantitative estimate of drug-likeness (QED) is 0.512. The molecule has 3 N–H and O–H groups in total. The van der Waals surface area contributed by atoms with Gasteiger partial charge in [-0.15, -0.1) is 0 Å². The molecular formula is C29H40N4O4. The van der Waals surface area contributed by atoms with Crippen LogP contribution in [0.2, 0.25) is 0 Å². The molecule has 2 aromatic rings. The highest BCUT2D eigenvalue weighted by Gasteiger charge is 2.39.